The maximum atomic E-state index is 13.2. The number of aryl methyl sites for hydroxylation is 5. The van der Waals surface area contributed by atoms with E-state index in [4.69, 9.17) is 0 Å². The summed E-state index contributed by atoms with van der Waals surface area (Å²) in [5, 5.41) is 0. The highest BCUT2D eigenvalue weighted by Crippen LogP contribution is 2.31. The van der Waals surface area contributed by atoms with Crippen molar-refractivity contribution < 1.29 is 13.2 Å². The van der Waals surface area contributed by atoms with Crippen molar-refractivity contribution >= 4 is 27.3 Å². The smallest absolute Gasteiger partial charge is 0.267 e. The van der Waals surface area contributed by atoms with Crippen LogP contribution in [0.5, 0.6) is 0 Å². The van der Waals surface area contributed by atoms with Gasteiger partial charge in [-0.2, -0.15) is 0 Å². The lowest BCUT2D eigenvalue weighted by Gasteiger charge is -2.20. The molecule has 146 valence electrons. The van der Waals surface area contributed by atoms with Crippen LogP contribution in [0.3, 0.4) is 0 Å². The van der Waals surface area contributed by atoms with Gasteiger partial charge in [-0.25, -0.2) is 12.7 Å². The standard InChI is InChI=1S/C21H27NO3S2/c1-14-11-15(2)20(16(3)12-14)27(24,25)22(4)21(23)19-13-17-9-7-5-6-8-10-18(17)26-19/h11-13H,5-10H2,1-4H3. The van der Waals surface area contributed by atoms with Crippen molar-refractivity contribution in [2.24, 2.45) is 0 Å². The monoisotopic (exact) mass is 405 g/mol. The molecule has 0 atom stereocenters. The Morgan fingerprint density at radius 1 is 0.963 bits per heavy atom. The first kappa shape index (κ1) is 20.1. The van der Waals surface area contributed by atoms with Gasteiger partial charge < -0.3 is 0 Å². The first-order valence-corrected chi connectivity index (χ1v) is 11.7. The third kappa shape index (κ3) is 3.97. The normalized spacial score (nSPS) is 15.0. The third-order valence-corrected chi connectivity index (χ3v) is 8.49. The molecule has 1 heterocycles. The molecule has 1 aromatic carbocycles. The van der Waals surface area contributed by atoms with Gasteiger partial charge in [0.2, 0.25) is 0 Å². The van der Waals surface area contributed by atoms with E-state index in [1.807, 2.05) is 25.1 Å². The highest BCUT2D eigenvalue weighted by atomic mass is 32.2. The highest BCUT2D eigenvalue weighted by Gasteiger charge is 2.31. The van der Waals surface area contributed by atoms with Crippen LogP contribution in [0.4, 0.5) is 0 Å². The Kier molecular flexibility index (Phi) is 5.77. The Morgan fingerprint density at radius 2 is 1.56 bits per heavy atom. The number of sulfonamides is 1. The first-order chi connectivity index (χ1) is 12.7. The zero-order valence-electron chi connectivity index (χ0n) is 16.5. The van der Waals surface area contributed by atoms with Crippen LogP contribution in [0.25, 0.3) is 0 Å². The second-order valence-electron chi connectivity index (χ2n) is 7.48. The molecule has 0 fully saturated rings. The van der Waals surface area contributed by atoms with E-state index in [2.05, 4.69) is 0 Å². The van der Waals surface area contributed by atoms with Gasteiger partial charge in [0.15, 0.2) is 0 Å². The minimum Gasteiger partial charge on any atom is -0.267 e. The van der Waals surface area contributed by atoms with Gasteiger partial charge in [0.05, 0.1) is 9.77 Å². The van der Waals surface area contributed by atoms with Gasteiger partial charge in [-0.1, -0.05) is 30.5 Å². The zero-order valence-corrected chi connectivity index (χ0v) is 18.1. The fourth-order valence-electron chi connectivity index (χ4n) is 3.92. The van der Waals surface area contributed by atoms with Gasteiger partial charge in [0, 0.05) is 11.9 Å². The predicted molar refractivity (Wildman–Crippen MR) is 110 cm³/mol. The zero-order chi connectivity index (χ0) is 19.8. The van der Waals surface area contributed by atoms with Gasteiger partial charge in [-0.3, -0.25) is 4.79 Å². The van der Waals surface area contributed by atoms with Crippen molar-refractivity contribution in [3.8, 4) is 0 Å². The van der Waals surface area contributed by atoms with E-state index in [0.29, 0.717) is 16.0 Å². The summed E-state index contributed by atoms with van der Waals surface area (Å²) >= 11 is 1.46. The average Bonchev–Trinajstić information content (AvgIpc) is 2.94. The van der Waals surface area contributed by atoms with E-state index in [1.54, 1.807) is 13.8 Å². The van der Waals surface area contributed by atoms with Crippen molar-refractivity contribution in [3.05, 3.63) is 50.2 Å². The number of thiophene rings is 1. The fourth-order valence-corrected chi connectivity index (χ4v) is 6.73. The number of hydrogen-bond acceptors (Lipinski definition) is 4. The van der Waals surface area contributed by atoms with Crippen LogP contribution in [0, 0.1) is 20.8 Å². The summed E-state index contributed by atoms with van der Waals surface area (Å²) in [5.41, 5.74) is 3.57. The van der Waals surface area contributed by atoms with E-state index in [1.165, 1.54) is 41.7 Å². The molecule has 0 saturated heterocycles. The molecule has 0 saturated carbocycles. The molecule has 1 aliphatic carbocycles. The van der Waals surface area contributed by atoms with Crippen molar-refractivity contribution in [2.75, 3.05) is 7.05 Å². The lowest BCUT2D eigenvalue weighted by atomic mass is 10.00. The molecular formula is C21H27NO3S2. The Labute approximate surface area is 166 Å². The van der Waals surface area contributed by atoms with Gasteiger partial charge in [-0.15, -0.1) is 11.3 Å². The minimum absolute atomic E-state index is 0.235. The molecule has 0 radical (unpaired) electrons. The number of benzene rings is 1. The van der Waals surface area contributed by atoms with Crippen LogP contribution in [0.2, 0.25) is 0 Å². The van der Waals surface area contributed by atoms with E-state index >= 15 is 0 Å². The summed E-state index contributed by atoms with van der Waals surface area (Å²) < 4.78 is 27.2. The molecule has 3 rings (SSSR count). The highest BCUT2D eigenvalue weighted by molar-refractivity contribution is 7.89. The number of carbonyl (C=O) groups excluding carboxylic acids is 1. The van der Waals surface area contributed by atoms with E-state index in [0.717, 1.165) is 35.6 Å². The predicted octanol–water partition coefficient (Wildman–Crippen LogP) is 4.79. The molecule has 1 aliphatic rings. The molecule has 0 bridgehead atoms. The number of nitrogens with zero attached hydrogens (tertiary/aromatic N) is 1. The molecule has 0 aliphatic heterocycles. The summed E-state index contributed by atoms with van der Waals surface area (Å²) in [7, 11) is -2.52. The van der Waals surface area contributed by atoms with Gasteiger partial charge in [0.25, 0.3) is 15.9 Å². The van der Waals surface area contributed by atoms with E-state index < -0.39 is 15.9 Å². The topological polar surface area (TPSA) is 54.5 Å². The second kappa shape index (κ2) is 7.76. The van der Waals surface area contributed by atoms with Gasteiger partial charge in [0.1, 0.15) is 0 Å². The average molecular weight is 406 g/mol. The lowest BCUT2D eigenvalue weighted by Crippen LogP contribution is -2.33. The Balaban J connectivity index is 1.94. The van der Waals surface area contributed by atoms with Crippen LogP contribution in [0.15, 0.2) is 23.1 Å². The van der Waals surface area contributed by atoms with Crippen molar-refractivity contribution in [1.82, 2.24) is 4.31 Å². The van der Waals surface area contributed by atoms with Crippen LogP contribution < -0.4 is 0 Å². The summed E-state index contributed by atoms with van der Waals surface area (Å²) in [6.07, 6.45) is 6.68. The van der Waals surface area contributed by atoms with Crippen LogP contribution in [-0.4, -0.2) is 25.7 Å². The molecule has 0 unspecified atom stereocenters. The number of carbonyl (C=O) groups is 1. The molecule has 27 heavy (non-hydrogen) atoms. The summed E-state index contributed by atoms with van der Waals surface area (Å²) in [6.45, 7) is 5.50. The summed E-state index contributed by atoms with van der Waals surface area (Å²) in [4.78, 5) is 15.0. The van der Waals surface area contributed by atoms with E-state index in [9.17, 15) is 13.2 Å². The third-order valence-electron chi connectivity index (χ3n) is 5.22. The SMILES string of the molecule is Cc1cc(C)c(S(=O)(=O)N(C)C(=O)c2cc3c(s2)CCCCCC3)c(C)c1. The Hall–Kier alpha value is -1.66. The fraction of sp³-hybridized carbons (Fsp3) is 0.476. The molecule has 2 aromatic rings. The summed E-state index contributed by atoms with van der Waals surface area (Å²) in [5.74, 6) is -0.439. The largest absolute Gasteiger partial charge is 0.277 e. The molecular weight excluding hydrogens is 378 g/mol. The number of fused-ring (bicyclic) bond motifs is 1. The van der Waals surface area contributed by atoms with Crippen LogP contribution >= 0.6 is 11.3 Å². The maximum absolute atomic E-state index is 13.2. The van der Waals surface area contributed by atoms with Gasteiger partial charge >= 0.3 is 0 Å². The quantitative estimate of drug-likeness (QED) is 0.737. The van der Waals surface area contributed by atoms with Crippen LogP contribution in [-0.2, 0) is 22.9 Å². The molecule has 0 spiro atoms. The van der Waals surface area contributed by atoms with Crippen molar-refractivity contribution in [3.63, 3.8) is 0 Å². The minimum atomic E-state index is -3.89. The van der Waals surface area contributed by atoms with Gasteiger partial charge in [-0.05, 0) is 69.2 Å². The molecule has 0 N–H and O–H groups in total. The second-order valence-corrected chi connectivity index (χ2v) is 10.5. The van der Waals surface area contributed by atoms with E-state index in [-0.39, 0.29) is 4.90 Å². The number of hydrogen-bond donors (Lipinski definition) is 0. The maximum Gasteiger partial charge on any atom is 0.277 e. The molecule has 1 aromatic heterocycles. The van der Waals surface area contributed by atoms with Crippen molar-refractivity contribution in [2.45, 2.75) is 64.2 Å². The Bertz CT molecular complexity index is 925. The molecule has 4 nitrogen and oxygen atoms in total. The number of rotatable bonds is 3. The molecule has 1 amide bonds. The van der Waals surface area contributed by atoms with Crippen LogP contribution in [0.1, 0.15) is 62.5 Å². The summed E-state index contributed by atoms with van der Waals surface area (Å²) in [6, 6.07) is 5.60. The first-order valence-electron chi connectivity index (χ1n) is 9.44. The molecule has 6 heteroatoms. The number of amides is 1. The van der Waals surface area contributed by atoms with Crippen molar-refractivity contribution in [1.29, 1.82) is 0 Å². The Morgan fingerprint density at radius 3 is 2.19 bits per heavy atom. The lowest BCUT2D eigenvalue weighted by molar-refractivity contribution is 0.0887.